The van der Waals surface area contributed by atoms with Gasteiger partial charge in [-0.3, -0.25) is 4.79 Å². The zero-order chi connectivity index (χ0) is 22.0. The van der Waals surface area contributed by atoms with Crippen molar-refractivity contribution < 1.29 is 4.79 Å². The molecule has 0 saturated heterocycles. The Bertz CT molecular complexity index is 1270. The number of benzene rings is 4. The van der Waals surface area contributed by atoms with Gasteiger partial charge in [-0.15, -0.1) is 17.0 Å². The molecule has 0 bridgehead atoms. The third-order valence-corrected chi connectivity index (χ3v) is 10.3. The van der Waals surface area contributed by atoms with E-state index in [9.17, 15) is 4.79 Å². The average Bonchev–Trinajstić information content (AvgIpc) is 3.21. The van der Waals surface area contributed by atoms with Crippen molar-refractivity contribution in [3.8, 4) is 0 Å². The first-order valence-corrected chi connectivity index (χ1v) is 12.7. The van der Waals surface area contributed by atoms with Crippen molar-refractivity contribution in [2.45, 2.75) is 0 Å². The maximum absolute atomic E-state index is 13.9. The molecule has 33 heavy (non-hydrogen) atoms. The van der Waals surface area contributed by atoms with E-state index in [0.29, 0.717) is 12.0 Å². The topological polar surface area (TPSA) is 34.9 Å². The summed E-state index contributed by atoms with van der Waals surface area (Å²) in [6.07, 6.45) is 0.391. The van der Waals surface area contributed by atoms with E-state index in [1.807, 2.05) is 54.1 Å². The molecule has 5 aromatic rings. The Morgan fingerprint density at radius 3 is 1.58 bits per heavy atom. The first-order valence-electron chi connectivity index (χ1n) is 10.7. The van der Waals surface area contributed by atoms with Crippen LogP contribution in [0.5, 0.6) is 0 Å². The highest BCUT2D eigenvalue weighted by atomic mass is 79.9. The first kappa shape index (κ1) is 23.1. The van der Waals surface area contributed by atoms with Crippen molar-refractivity contribution in [2.24, 2.45) is 7.05 Å². The summed E-state index contributed by atoms with van der Waals surface area (Å²) in [6.45, 7) is 0. The second-order valence-electron chi connectivity index (χ2n) is 7.88. The van der Waals surface area contributed by atoms with Crippen LogP contribution >= 0.6 is 24.2 Å². The number of aromatic nitrogens is 2. The summed E-state index contributed by atoms with van der Waals surface area (Å²) in [5.74, 6) is 0.576. The fraction of sp³-hybridized carbons (Fsp3) is 0.0714. The number of carbonyl (C=O) groups is 1. The molecule has 5 rings (SSSR count). The number of fused-ring (bicyclic) bond motifs is 1. The molecule has 0 fully saturated rings. The highest BCUT2D eigenvalue weighted by Crippen LogP contribution is 2.55. The molecule has 4 aromatic carbocycles. The van der Waals surface area contributed by atoms with Crippen molar-refractivity contribution in [3.63, 3.8) is 0 Å². The second kappa shape index (κ2) is 9.82. The van der Waals surface area contributed by atoms with Crippen LogP contribution in [0.25, 0.3) is 11.0 Å². The fourth-order valence-corrected chi connectivity index (χ4v) is 8.51. The van der Waals surface area contributed by atoms with Crippen LogP contribution in [0.4, 0.5) is 0 Å². The van der Waals surface area contributed by atoms with Gasteiger partial charge in [0.1, 0.15) is 29.3 Å². The molecule has 0 unspecified atom stereocenters. The number of carbonyl (C=O) groups excluding carboxylic acids is 1. The Morgan fingerprint density at radius 2 is 1.12 bits per heavy atom. The molecule has 0 spiro atoms. The number of aryl methyl sites for hydroxylation is 1. The number of ketones is 1. The average molecular weight is 516 g/mol. The molecule has 164 valence electrons. The zero-order valence-corrected chi connectivity index (χ0v) is 20.9. The summed E-state index contributed by atoms with van der Waals surface area (Å²) in [7, 11) is -0.314. The van der Waals surface area contributed by atoms with Gasteiger partial charge < -0.3 is 4.57 Å². The van der Waals surface area contributed by atoms with E-state index in [1.54, 1.807) is 0 Å². The lowest BCUT2D eigenvalue weighted by atomic mass is 10.3. The van der Waals surface area contributed by atoms with Gasteiger partial charge in [0.25, 0.3) is 0 Å². The summed E-state index contributed by atoms with van der Waals surface area (Å²) in [5, 5.41) is 3.60. The number of hydrogen-bond acceptors (Lipinski definition) is 2. The van der Waals surface area contributed by atoms with Crippen LogP contribution in [-0.2, 0) is 7.05 Å². The fourth-order valence-electron chi connectivity index (χ4n) is 4.45. The molecule has 0 amide bonds. The Hall–Kier alpha value is -3.07. The van der Waals surface area contributed by atoms with Crippen LogP contribution in [0, 0.1) is 0 Å². The molecular weight excluding hydrogens is 491 g/mol. The highest BCUT2D eigenvalue weighted by molar-refractivity contribution is 8.93. The number of Topliss-reactive ketones (excluding diaryl/α,β-unsaturated/α-hetero) is 1. The number of rotatable bonds is 6. The van der Waals surface area contributed by atoms with Gasteiger partial charge in [-0.1, -0.05) is 66.7 Å². The maximum atomic E-state index is 13.9. The second-order valence-corrected chi connectivity index (χ2v) is 11.4. The lowest BCUT2D eigenvalue weighted by molar-refractivity contribution is 0.100. The summed E-state index contributed by atoms with van der Waals surface area (Å²) >= 11 is 0. The maximum Gasteiger partial charge on any atom is 0.236 e. The predicted octanol–water partition coefficient (Wildman–Crippen LogP) is 5.33. The Labute approximate surface area is 205 Å². The minimum atomic E-state index is -2.24. The quantitative estimate of drug-likeness (QED) is 0.226. The van der Waals surface area contributed by atoms with E-state index >= 15 is 0 Å². The lowest BCUT2D eigenvalue weighted by Gasteiger charge is -2.27. The van der Waals surface area contributed by atoms with Gasteiger partial charge in [0.15, 0.2) is 5.82 Å². The third-order valence-electron chi connectivity index (χ3n) is 6.01. The van der Waals surface area contributed by atoms with Crippen molar-refractivity contribution in [2.75, 3.05) is 6.16 Å². The van der Waals surface area contributed by atoms with Crippen molar-refractivity contribution >= 4 is 57.0 Å². The first-order chi connectivity index (χ1) is 15.7. The molecule has 0 radical (unpaired) electrons. The monoisotopic (exact) mass is 515 g/mol. The van der Waals surface area contributed by atoms with Crippen molar-refractivity contribution in [3.05, 3.63) is 121 Å². The molecule has 0 atom stereocenters. The van der Waals surface area contributed by atoms with Crippen molar-refractivity contribution in [1.29, 1.82) is 0 Å². The van der Waals surface area contributed by atoms with E-state index in [2.05, 4.69) is 72.8 Å². The van der Waals surface area contributed by atoms with E-state index in [0.717, 1.165) is 11.0 Å². The standard InChI is InChI=1S/C28H24N2OP.BrH/c1-30-26-20-12-11-19-25(26)29-28(30)27(31)21-32(22-13-5-2-6-14-22,23-15-7-3-8-16-23)24-17-9-4-10-18-24;/h2-20H,21H2,1H3;1H/q+1;. The Kier molecular flexibility index (Phi) is 6.88. The third kappa shape index (κ3) is 4.17. The normalized spacial score (nSPS) is 11.2. The van der Waals surface area contributed by atoms with Crippen LogP contribution in [0.1, 0.15) is 10.6 Å². The van der Waals surface area contributed by atoms with Crippen LogP contribution in [-0.4, -0.2) is 21.5 Å². The van der Waals surface area contributed by atoms with Gasteiger partial charge in [0, 0.05) is 7.05 Å². The minimum Gasteiger partial charge on any atom is -0.324 e. The van der Waals surface area contributed by atoms with Gasteiger partial charge in [-0.05, 0) is 48.5 Å². The summed E-state index contributed by atoms with van der Waals surface area (Å²) in [6, 6.07) is 39.4. The van der Waals surface area contributed by atoms with Gasteiger partial charge in [0.2, 0.25) is 5.78 Å². The number of imidazole rings is 1. The Morgan fingerprint density at radius 1 is 0.697 bits per heavy atom. The number of halogens is 1. The summed E-state index contributed by atoms with van der Waals surface area (Å²) in [4.78, 5) is 18.6. The van der Waals surface area contributed by atoms with Crippen LogP contribution in [0.2, 0.25) is 0 Å². The van der Waals surface area contributed by atoms with E-state index in [1.165, 1.54) is 15.9 Å². The van der Waals surface area contributed by atoms with E-state index in [-0.39, 0.29) is 22.8 Å². The molecule has 5 heteroatoms. The van der Waals surface area contributed by atoms with Crippen LogP contribution < -0.4 is 15.9 Å². The highest BCUT2D eigenvalue weighted by Gasteiger charge is 2.47. The summed E-state index contributed by atoms with van der Waals surface area (Å²) in [5.41, 5.74) is 1.82. The van der Waals surface area contributed by atoms with Gasteiger partial charge in [0.05, 0.1) is 11.0 Å². The molecule has 0 aliphatic heterocycles. The zero-order valence-electron chi connectivity index (χ0n) is 18.3. The van der Waals surface area contributed by atoms with Gasteiger partial charge in [-0.2, -0.15) is 0 Å². The summed E-state index contributed by atoms with van der Waals surface area (Å²) < 4.78 is 1.92. The van der Waals surface area contributed by atoms with E-state index < -0.39 is 7.26 Å². The molecule has 1 heterocycles. The van der Waals surface area contributed by atoms with Gasteiger partial charge in [-0.25, -0.2) is 4.98 Å². The number of hydrogen-bond donors (Lipinski definition) is 0. The Balaban J connectivity index is 0.00000259. The molecular formula is C28H25BrN2OP+. The number of nitrogens with zero attached hydrogens (tertiary/aromatic N) is 2. The van der Waals surface area contributed by atoms with Crippen molar-refractivity contribution in [1.82, 2.24) is 9.55 Å². The predicted molar refractivity (Wildman–Crippen MR) is 145 cm³/mol. The van der Waals surface area contributed by atoms with E-state index in [4.69, 9.17) is 4.98 Å². The minimum absolute atomic E-state index is 0. The smallest absolute Gasteiger partial charge is 0.236 e. The molecule has 0 saturated carbocycles. The lowest BCUT2D eigenvalue weighted by Crippen LogP contribution is -2.36. The van der Waals surface area contributed by atoms with Gasteiger partial charge >= 0.3 is 0 Å². The van der Waals surface area contributed by atoms with Crippen LogP contribution in [0.15, 0.2) is 115 Å². The SMILES string of the molecule is Br.Cn1c(C(=O)C[P+](c2ccccc2)(c2ccccc2)c2ccccc2)nc2ccccc21. The molecule has 3 nitrogen and oxygen atoms in total. The molecule has 0 aliphatic carbocycles. The van der Waals surface area contributed by atoms with Crippen LogP contribution in [0.3, 0.4) is 0 Å². The molecule has 0 aliphatic rings. The largest absolute Gasteiger partial charge is 0.324 e. The number of para-hydroxylation sites is 2. The molecule has 0 N–H and O–H groups in total. The molecule has 1 aromatic heterocycles.